The molecule has 2 N–H and O–H groups in total. The molecule has 1 amide bonds. The number of hydrogen-bond donors (Lipinski definition) is 2. The highest BCUT2D eigenvalue weighted by molar-refractivity contribution is 5.97. The number of nitrogens with one attached hydrogen (secondary N) is 2. The molecule has 1 aliphatic carbocycles. The maximum atomic E-state index is 15.4. The van der Waals surface area contributed by atoms with Crippen LogP contribution in [0.5, 0.6) is 0 Å². The Kier molecular flexibility index (Phi) is 9.36. The molecule has 0 aliphatic heterocycles. The quantitative estimate of drug-likeness (QED) is 0.242. The molecule has 1 unspecified atom stereocenters. The van der Waals surface area contributed by atoms with E-state index in [2.05, 4.69) is 30.9 Å². The summed E-state index contributed by atoms with van der Waals surface area (Å²) in [5, 5.41) is 16.4. The van der Waals surface area contributed by atoms with E-state index in [0.717, 1.165) is 17.5 Å². The van der Waals surface area contributed by atoms with E-state index in [1.807, 2.05) is 24.1 Å². The second-order valence-electron chi connectivity index (χ2n) is 12.5. The molecule has 0 spiro atoms. The molecule has 248 valence electrons. The van der Waals surface area contributed by atoms with Crippen molar-refractivity contribution in [1.82, 2.24) is 35.5 Å². The van der Waals surface area contributed by atoms with E-state index < -0.39 is 35.1 Å². The van der Waals surface area contributed by atoms with Gasteiger partial charge in [0.2, 0.25) is 0 Å². The summed E-state index contributed by atoms with van der Waals surface area (Å²) in [6.45, 7) is 6.66. The number of methoxy groups -OCH3 is 1. The summed E-state index contributed by atoms with van der Waals surface area (Å²) in [5.74, 6) is -1.87. The van der Waals surface area contributed by atoms with Crippen LogP contribution in [0.4, 0.5) is 10.1 Å². The fraction of sp³-hybridized carbons (Fsp3) is 0.438. The van der Waals surface area contributed by atoms with Crippen LogP contribution in [0.3, 0.4) is 0 Å². The average molecular weight is 649 g/mol. The van der Waals surface area contributed by atoms with Crippen molar-refractivity contribution >= 4 is 34.4 Å². The second-order valence-corrected chi connectivity index (χ2v) is 12.5. The molecule has 0 radical (unpaired) electrons. The zero-order valence-electron chi connectivity index (χ0n) is 27.1. The number of halogens is 1. The van der Waals surface area contributed by atoms with Crippen molar-refractivity contribution in [3.63, 3.8) is 0 Å². The Labute approximate surface area is 269 Å². The van der Waals surface area contributed by atoms with Gasteiger partial charge >= 0.3 is 11.9 Å². The lowest BCUT2D eigenvalue weighted by molar-refractivity contribution is -0.157. The number of aromatic amines is 1. The molecule has 5 rings (SSSR count). The SMILES string of the molecule is COC(=O)[C@H](CCc1nn[nH]n1)NC(=O)c1ccc(N(C)C2CCc3cc4nc(C)n(COC(=O)C(C)(C)C)c(=O)c4cc32)cc1F. The first-order chi connectivity index (χ1) is 22.3. The molecular formula is C32H37FN8O6. The fourth-order valence-electron chi connectivity index (χ4n) is 5.58. The highest BCUT2D eigenvalue weighted by Gasteiger charge is 2.30. The van der Waals surface area contributed by atoms with E-state index >= 15 is 4.39 Å². The molecule has 2 heterocycles. The fourth-order valence-corrected chi connectivity index (χ4v) is 5.58. The number of esters is 2. The molecule has 2 aromatic heterocycles. The third-order valence-corrected chi connectivity index (χ3v) is 8.30. The number of benzene rings is 2. The molecule has 0 saturated heterocycles. The van der Waals surface area contributed by atoms with Crippen LogP contribution in [0, 0.1) is 18.2 Å². The second kappa shape index (κ2) is 13.3. The maximum Gasteiger partial charge on any atom is 0.328 e. The maximum absolute atomic E-state index is 15.4. The van der Waals surface area contributed by atoms with E-state index in [4.69, 9.17) is 9.47 Å². The van der Waals surface area contributed by atoms with Crippen molar-refractivity contribution in [2.75, 3.05) is 19.1 Å². The smallest absolute Gasteiger partial charge is 0.328 e. The predicted molar refractivity (Wildman–Crippen MR) is 168 cm³/mol. The molecule has 2 atom stereocenters. The molecule has 0 bridgehead atoms. The van der Waals surface area contributed by atoms with Crippen molar-refractivity contribution in [3.8, 4) is 0 Å². The van der Waals surface area contributed by atoms with Crippen LogP contribution >= 0.6 is 0 Å². The van der Waals surface area contributed by atoms with Gasteiger partial charge in [-0.25, -0.2) is 14.2 Å². The average Bonchev–Trinajstić information content (AvgIpc) is 3.70. The van der Waals surface area contributed by atoms with Gasteiger partial charge in [-0.05, 0) is 88.4 Å². The Morgan fingerprint density at radius 1 is 1.21 bits per heavy atom. The highest BCUT2D eigenvalue weighted by atomic mass is 19.1. The van der Waals surface area contributed by atoms with E-state index in [1.165, 1.54) is 23.8 Å². The first kappa shape index (κ1) is 33.2. The van der Waals surface area contributed by atoms with Crippen LogP contribution in [-0.2, 0) is 38.6 Å². The van der Waals surface area contributed by atoms with Crippen LogP contribution in [0.1, 0.15) is 72.8 Å². The van der Waals surface area contributed by atoms with Gasteiger partial charge in [-0.15, -0.1) is 10.2 Å². The van der Waals surface area contributed by atoms with Gasteiger partial charge < -0.3 is 19.7 Å². The number of rotatable bonds is 10. The van der Waals surface area contributed by atoms with Gasteiger partial charge in [0.05, 0.1) is 35.0 Å². The van der Waals surface area contributed by atoms with Crippen LogP contribution in [0.2, 0.25) is 0 Å². The number of carbonyl (C=O) groups is 3. The normalized spacial score (nSPS) is 14.8. The summed E-state index contributed by atoms with van der Waals surface area (Å²) in [5.41, 5.74) is 1.74. The molecule has 14 nitrogen and oxygen atoms in total. The van der Waals surface area contributed by atoms with Crippen LogP contribution in [0.25, 0.3) is 10.9 Å². The number of H-pyrrole nitrogens is 1. The summed E-state index contributed by atoms with van der Waals surface area (Å²) >= 11 is 0. The third kappa shape index (κ3) is 6.98. The van der Waals surface area contributed by atoms with E-state index in [0.29, 0.717) is 34.7 Å². The van der Waals surface area contributed by atoms with Gasteiger partial charge in [-0.2, -0.15) is 5.21 Å². The lowest BCUT2D eigenvalue weighted by atomic mass is 9.98. The molecular weight excluding hydrogens is 611 g/mol. The first-order valence-electron chi connectivity index (χ1n) is 15.1. The van der Waals surface area contributed by atoms with Crippen LogP contribution in [0.15, 0.2) is 35.1 Å². The lowest BCUT2D eigenvalue weighted by Crippen LogP contribution is -2.42. The van der Waals surface area contributed by atoms with Gasteiger partial charge in [-0.1, -0.05) is 5.21 Å². The number of ether oxygens (including phenoxy) is 2. The molecule has 15 heteroatoms. The van der Waals surface area contributed by atoms with Crippen molar-refractivity contribution in [2.24, 2.45) is 5.41 Å². The monoisotopic (exact) mass is 648 g/mol. The molecule has 47 heavy (non-hydrogen) atoms. The number of aryl methyl sites for hydroxylation is 3. The van der Waals surface area contributed by atoms with Crippen molar-refractivity contribution in [3.05, 3.63) is 74.8 Å². The summed E-state index contributed by atoms with van der Waals surface area (Å²) in [4.78, 5) is 57.7. The molecule has 0 fully saturated rings. The zero-order chi connectivity index (χ0) is 34.0. The largest absolute Gasteiger partial charge is 0.467 e. The standard InChI is InChI=1S/C32H37FN8O6/c1-17-34-25-13-18-7-11-26(21(18)15-22(25)29(43)41(17)16-47-31(45)32(2,3)4)40(5)19-8-9-20(23(33)14-19)28(42)35-24(30(44)46-6)10-12-27-36-38-39-37-27/h8-9,13-15,24,26H,7,10-12,16H2,1-6H3,(H,35,42)(H,36,37,38,39)/t24-,26?/m0/s1. The molecule has 2 aromatic carbocycles. The van der Waals surface area contributed by atoms with E-state index in [1.54, 1.807) is 33.8 Å². The van der Waals surface area contributed by atoms with Crippen molar-refractivity contribution in [2.45, 2.75) is 72.2 Å². The minimum atomic E-state index is -1.05. The first-order valence-corrected chi connectivity index (χ1v) is 15.1. The van der Waals surface area contributed by atoms with Gasteiger partial charge in [0.25, 0.3) is 11.5 Å². The van der Waals surface area contributed by atoms with Crippen molar-refractivity contribution < 1.29 is 28.2 Å². The number of amides is 1. The van der Waals surface area contributed by atoms with Crippen LogP contribution in [-0.4, -0.2) is 68.2 Å². The Morgan fingerprint density at radius 3 is 2.64 bits per heavy atom. The Hall–Kier alpha value is -5.21. The van der Waals surface area contributed by atoms with Gasteiger partial charge in [0.15, 0.2) is 12.6 Å². The summed E-state index contributed by atoms with van der Waals surface area (Å²) in [6, 6.07) is 6.75. The number of fused-ring (bicyclic) bond motifs is 2. The molecule has 1 aliphatic rings. The Balaban J connectivity index is 1.35. The summed E-state index contributed by atoms with van der Waals surface area (Å²) in [6.07, 6.45) is 1.80. The number of nitrogens with zero attached hydrogens (tertiary/aromatic N) is 6. The van der Waals surface area contributed by atoms with Crippen molar-refractivity contribution in [1.29, 1.82) is 0 Å². The van der Waals surface area contributed by atoms with Gasteiger partial charge in [0.1, 0.15) is 17.7 Å². The van der Waals surface area contributed by atoms with Crippen LogP contribution < -0.4 is 15.8 Å². The summed E-state index contributed by atoms with van der Waals surface area (Å²) < 4.78 is 26.9. The molecule has 0 saturated carbocycles. The number of anilines is 1. The van der Waals surface area contributed by atoms with E-state index in [-0.39, 0.29) is 36.7 Å². The Morgan fingerprint density at radius 2 is 1.98 bits per heavy atom. The summed E-state index contributed by atoms with van der Waals surface area (Å²) in [7, 11) is 3.02. The van der Waals surface area contributed by atoms with Gasteiger partial charge in [-0.3, -0.25) is 19.0 Å². The highest BCUT2D eigenvalue weighted by Crippen LogP contribution is 2.39. The topological polar surface area (TPSA) is 174 Å². The number of hydrogen-bond acceptors (Lipinski definition) is 11. The number of aromatic nitrogens is 6. The Bertz CT molecular complexity index is 1890. The van der Waals surface area contributed by atoms with E-state index in [9.17, 15) is 19.2 Å². The number of tetrazole rings is 1. The zero-order valence-corrected chi connectivity index (χ0v) is 27.1. The minimum absolute atomic E-state index is 0.123. The van der Waals surface area contributed by atoms with Gasteiger partial charge in [0, 0.05) is 19.2 Å². The third-order valence-electron chi connectivity index (χ3n) is 8.30. The molecule has 4 aromatic rings. The number of carbonyl (C=O) groups excluding carboxylic acids is 3. The predicted octanol–water partition coefficient (Wildman–Crippen LogP) is 2.93. The minimum Gasteiger partial charge on any atom is -0.467 e. The lowest BCUT2D eigenvalue weighted by Gasteiger charge is -2.28.